The van der Waals surface area contributed by atoms with Crippen LogP contribution in [0.15, 0.2) is 0 Å². The van der Waals surface area contributed by atoms with Crippen LogP contribution < -0.4 is 0 Å². The Labute approximate surface area is 90.9 Å². The van der Waals surface area contributed by atoms with E-state index in [-0.39, 0.29) is 16.2 Å². The van der Waals surface area contributed by atoms with Gasteiger partial charge in [-0.25, -0.2) is 0 Å². The molecule has 0 heterocycles. The molecule has 4 rings (SSSR count). The second-order valence-corrected chi connectivity index (χ2v) is 6.41. The van der Waals surface area contributed by atoms with Gasteiger partial charge in [0.05, 0.1) is 23.0 Å². The third-order valence-electron chi connectivity index (χ3n) is 4.54. The number of hydrogen-bond acceptors (Lipinski definition) is 2. The summed E-state index contributed by atoms with van der Waals surface area (Å²) in [7, 11) is 0. The number of rotatable bonds is 0. The van der Waals surface area contributed by atoms with Gasteiger partial charge in [-0.05, 0) is 49.9 Å². The molecule has 15 heavy (non-hydrogen) atoms. The van der Waals surface area contributed by atoms with E-state index in [2.05, 4.69) is 19.1 Å². The van der Waals surface area contributed by atoms with Crippen molar-refractivity contribution in [1.82, 2.24) is 0 Å². The lowest BCUT2D eigenvalue weighted by Crippen LogP contribution is -2.54. The van der Waals surface area contributed by atoms with Crippen LogP contribution in [0, 0.1) is 44.8 Å². The number of nitrogens with zero attached hydrogens (tertiary/aromatic N) is 2. The molecule has 2 unspecified atom stereocenters. The van der Waals surface area contributed by atoms with E-state index in [1.165, 1.54) is 12.3 Å². The zero-order valence-corrected chi connectivity index (χ0v) is 9.14. The summed E-state index contributed by atoms with van der Waals surface area (Å²) in [5.41, 5.74) is -0.126. The molecule has 0 aromatic heterocycles. The predicted octanol–water partition coefficient (Wildman–Crippen LogP) is 2.97. The van der Waals surface area contributed by atoms with Gasteiger partial charge in [-0.15, -0.1) is 0 Å². The third kappa shape index (κ3) is 1.08. The van der Waals surface area contributed by atoms with Gasteiger partial charge in [-0.2, -0.15) is 10.5 Å². The second kappa shape index (κ2) is 2.38. The van der Waals surface area contributed by atoms with Crippen molar-refractivity contribution >= 4 is 0 Å². The fraction of sp³-hybridized carbons (Fsp3) is 0.769. The van der Waals surface area contributed by atoms with E-state index in [1.54, 1.807) is 0 Å². The lowest BCUT2D eigenvalue weighted by Gasteiger charge is -2.61. The molecule has 4 aliphatic carbocycles. The van der Waals surface area contributed by atoms with Crippen LogP contribution >= 0.6 is 0 Å². The molecule has 0 aliphatic heterocycles. The third-order valence-corrected chi connectivity index (χ3v) is 4.54. The molecule has 0 spiro atoms. The Morgan fingerprint density at radius 1 is 0.933 bits per heavy atom. The Morgan fingerprint density at radius 3 is 1.87 bits per heavy atom. The molecule has 2 nitrogen and oxygen atoms in total. The summed E-state index contributed by atoms with van der Waals surface area (Å²) in [4.78, 5) is 0. The molecule has 4 bridgehead atoms. The molecule has 4 saturated carbocycles. The Kier molecular flexibility index (Phi) is 1.46. The highest BCUT2D eigenvalue weighted by atomic mass is 14.7. The smallest absolute Gasteiger partial charge is 0.0690 e. The fourth-order valence-corrected chi connectivity index (χ4v) is 4.83. The molecule has 0 N–H and O–H groups in total. The molecule has 1 radical (unpaired) electrons. The van der Waals surface area contributed by atoms with Gasteiger partial charge in [-0.3, -0.25) is 0 Å². The van der Waals surface area contributed by atoms with Crippen molar-refractivity contribution in [3.8, 4) is 12.1 Å². The highest BCUT2D eigenvalue weighted by molar-refractivity contribution is 5.29. The minimum Gasteiger partial charge on any atom is -0.198 e. The fourth-order valence-electron chi connectivity index (χ4n) is 4.83. The summed E-state index contributed by atoms with van der Waals surface area (Å²) in [6, 6.07) is 5.04. The molecule has 0 aromatic carbocycles. The van der Waals surface area contributed by atoms with Crippen molar-refractivity contribution in [2.24, 2.45) is 16.2 Å². The van der Waals surface area contributed by atoms with E-state index in [4.69, 9.17) is 0 Å². The van der Waals surface area contributed by atoms with Crippen LogP contribution in [0.3, 0.4) is 0 Å². The van der Waals surface area contributed by atoms with Gasteiger partial charge in [0.1, 0.15) is 0 Å². The zero-order valence-electron chi connectivity index (χ0n) is 9.14. The van der Waals surface area contributed by atoms with E-state index < -0.39 is 0 Å². The highest BCUT2D eigenvalue weighted by Gasteiger charge is 2.62. The Bertz CT molecular complexity index is 368. The largest absolute Gasteiger partial charge is 0.198 e. The van der Waals surface area contributed by atoms with E-state index in [0.717, 1.165) is 32.1 Å². The molecule has 0 aromatic rings. The van der Waals surface area contributed by atoms with Crippen molar-refractivity contribution in [3.05, 3.63) is 5.92 Å². The molecule has 0 amide bonds. The van der Waals surface area contributed by atoms with Crippen LogP contribution in [0.25, 0.3) is 0 Å². The zero-order chi connectivity index (χ0) is 10.7. The van der Waals surface area contributed by atoms with Gasteiger partial charge in [-0.1, -0.05) is 6.92 Å². The predicted molar refractivity (Wildman–Crippen MR) is 55.1 cm³/mol. The maximum atomic E-state index is 9.38. The van der Waals surface area contributed by atoms with Crippen LogP contribution in [-0.4, -0.2) is 0 Å². The van der Waals surface area contributed by atoms with Crippen LogP contribution in [-0.2, 0) is 0 Å². The first-order valence-corrected chi connectivity index (χ1v) is 5.69. The van der Waals surface area contributed by atoms with Crippen LogP contribution in [0.2, 0.25) is 0 Å². The molecule has 0 saturated heterocycles. The summed E-state index contributed by atoms with van der Waals surface area (Å²) in [5, 5.41) is 18.8. The van der Waals surface area contributed by atoms with Crippen molar-refractivity contribution < 1.29 is 0 Å². The minimum absolute atomic E-state index is 0.186. The minimum atomic E-state index is -0.186. The quantitative estimate of drug-likeness (QED) is 0.602. The van der Waals surface area contributed by atoms with Crippen molar-refractivity contribution in [3.63, 3.8) is 0 Å². The van der Waals surface area contributed by atoms with Crippen LogP contribution in [0.4, 0.5) is 0 Å². The molecular weight excluding hydrogens is 184 g/mol. The molecule has 2 atom stereocenters. The average Bonchev–Trinajstić information content (AvgIpc) is 2.14. The van der Waals surface area contributed by atoms with E-state index in [0.29, 0.717) is 0 Å². The van der Waals surface area contributed by atoms with E-state index in [9.17, 15) is 10.5 Å². The maximum absolute atomic E-state index is 9.38. The second-order valence-electron chi connectivity index (χ2n) is 6.41. The summed E-state index contributed by atoms with van der Waals surface area (Å²) in [6.07, 6.45) is 5.98. The Morgan fingerprint density at radius 2 is 1.47 bits per heavy atom. The summed E-state index contributed by atoms with van der Waals surface area (Å²) < 4.78 is 0. The van der Waals surface area contributed by atoms with Crippen LogP contribution in [0.5, 0.6) is 0 Å². The normalized spacial score (nSPS) is 52.5. The van der Waals surface area contributed by atoms with Crippen molar-refractivity contribution in [2.75, 3.05) is 0 Å². The van der Waals surface area contributed by atoms with Gasteiger partial charge in [0, 0.05) is 0 Å². The summed E-state index contributed by atoms with van der Waals surface area (Å²) >= 11 is 0. The highest BCUT2D eigenvalue weighted by Crippen LogP contribution is 2.69. The van der Waals surface area contributed by atoms with Gasteiger partial charge >= 0.3 is 0 Å². The van der Waals surface area contributed by atoms with Gasteiger partial charge < -0.3 is 0 Å². The molecule has 4 fully saturated rings. The first kappa shape index (κ1) is 9.22. The first-order valence-electron chi connectivity index (χ1n) is 5.69. The van der Waals surface area contributed by atoms with Gasteiger partial charge in [0.25, 0.3) is 0 Å². The molecule has 77 valence electrons. The molecule has 4 aliphatic rings. The monoisotopic (exact) mass is 199 g/mol. The average molecular weight is 199 g/mol. The summed E-state index contributed by atoms with van der Waals surface area (Å²) in [5.74, 6) is 1.49. The Balaban J connectivity index is 2.09. The number of hydrogen-bond donors (Lipinski definition) is 0. The standard InChI is InChI=1S/C13H15N2/c1-11-2-10-3-12(5-11,8-14)7-13(4-10,6-11)9-15/h2-7H2,1H3. The molecular formula is C13H15N2. The van der Waals surface area contributed by atoms with Crippen molar-refractivity contribution in [1.29, 1.82) is 10.5 Å². The SMILES string of the molecule is CC12C[C]3CC(C#N)(C1)CC(C#N)(C3)C2. The lowest BCUT2D eigenvalue weighted by molar-refractivity contribution is -0.0498. The summed E-state index contributed by atoms with van der Waals surface area (Å²) in [6.45, 7) is 2.27. The first-order chi connectivity index (χ1) is 7.03. The molecule has 2 heteroatoms. The van der Waals surface area contributed by atoms with E-state index in [1.807, 2.05) is 0 Å². The van der Waals surface area contributed by atoms with Crippen LogP contribution in [0.1, 0.15) is 45.4 Å². The lowest BCUT2D eigenvalue weighted by atomic mass is 9.40. The number of nitriles is 2. The van der Waals surface area contributed by atoms with Gasteiger partial charge in [0.15, 0.2) is 0 Å². The van der Waals surface area contributed by atoms with E-state index >= 15 is 0 Å². The topological polar surface area (TPSA) is 47.6 Å². The van der Waals surface area contributed by atoms with Gasteiger partial charge in [0.2, 0.25) is 0 Å². The Hall–Kier alpha value is -1.02. The maximum Gasteiger partial charge on any atom is 0.0690 e. The van der Waals surface area contributed by atoms with Crippen molar-refractivity contribution in [2.45, 2.75) is 45.4 Å².